The third kappa shape index (κ3) is 3.04. The molecule has 0 atom stereocenters. The lowest BCUT2D eigenvalue weighted by atomic mass is 10.0. The molecule has 0 radical (unpaired) electrons. The molecule has 1 heterocycles. The Balaban J connectivity index is 2.44. The van der Waals surface area contributed by atoms with Gasteiger partial charge in [0.15, 0.2) is 0 Å². The number of piperidine rings is 1. The number of nitrogens with two attached hydrogens (primary N) is 1. The zero-order valence-corrected chi connectivity index (χ0v) is 10.8. The van der Waals surface area contributed by atoms with Crippen LogP contribution < -0.4 is 16.2 Å². The van der Waals surface area contributed by atoms with Crippen molar-refractivity contribution >= 4 is 11.6 Å². The summed E-state index contributed by atoms with van der Waals surface area (Å²) in [4.78, 5) is 13.2. The molecular weight excluding hydrogens is 271 g/mol. The fourth-order valence-electron chi connectivity index (χ4n) is 2.39. The van der Waals surface area contributed by atoms with Crippen LogP contribution in [0.5, 0.6) is 0 Å². The first-order chi connectivity index (χ1) is 9.43. The Morgan fingerprint density at radius 2 is 1.85 bits per heavy atom. The summed E-state index contributed by atoms with van der Waals surface area (Å²) >= 11 is 0. The Hall–Kier alpha value is -1.76. The molecule has 7 heteroatoms. The number of rotatable bonds is 2. The summed E-state index contributed by atoms with van der Waals surface area (Å²) in [5, 5.41) is 0. The van der Waals surface area contributed by atoms with Crippen molar-refractivity contribution in [3.63, 3.8) is 0 Å². The van der Waals surface area contributed by atoms with E-state index in [-0.39, 0.29) is 11.3 Å². The summed E-state index contributed by atoms with van der Waals surface area (Å²) in [5.74, 6) is 4.42. The van der Waals surface area contributed by atoms with E-state index < -0.39 is 17.6 Å². The first-order valence-corrected chi connectivity index (χ1v) is 6.40. The van der Waals surface area contributed by atoms with E-state index in [9.17, 15) is 18.0 Å². The number of alkyl halides is 3. The molecule has 1 fully saturated rings. The van der Waals surface area contributed by atoms with Crippen molar-refractivity contribution in [1.29, 1.82) is 0 Å². The quantitative estimate of drug-likeness (QED) is 0.498. The molecule has 1 aliphatic heterocycles. The van der Waals surface area contributed by atoms with E-state index in [0.29, 0.717) is 13.1 Å². The molecule has 0 bridgehead atoms. The summed E-state index contributed by atoms with van der Waals surface area (Å²) < 4.78 is 39.2. The molecule has 0 aromatic heterocycles. The molecule has 1 amide bonds. The first kappa shape index (κ1) is 14.6. The van der Waals surface area contributed by atoms with Crippen molar-refractivity contribution in [2.45, 2.75) is 25.4 Å². The van der Waals surface area contributed by atoms with E-state index in [4.69, 9.17) is 5.84 Å². The average molecular weight is 287 g/mol. The number of nitrogens with zero attached hydrogens (tertiary/aromatic N) is 1. The van der Waals surface area contributed by atoms with Gasteiger partial charge in [0.25, 0.3) is 5.91 Å². The Bertz CT molecular complexity index is 496. The number of benzene rings is 1. The molecule has 4 nitrogen and oxygen atoms in total. The number of anilines is 1. The van der Waals surface area contributed by atoms with Crippen LogP contribution in [-0.2, 0) is 6.18 Å². The Morgan fingerprint density at radius 3 is 2.40 bits per heavy atom. The lowest BCUT2D eigenvalue weighted by Gasteiger charge is -2.31. The fraction of sp³-hybridized carbons (Fsp3) is 0.462. The van der Waals surface area contributed by atoms with Crippen LogP contribution in [0.25, 0.3) is 0 Å². The minimum atomic E-state index is -4.44. The van der Waals surface area contributed by atoms with Gasteiger partial charge >= 0.3 is 6.18 Å². The number of hydrogen-bond acceptors (Lipinski definition) is 3. The number of hydrogen-bond donors (Lipinski definition) is 2. The highest BCUT2D eigenvalue weighted by molar-refractivity contribution is 5.95. The van der Waals surface area contributed by atoms with Crippen molar-refractivity contribution in [3.8, 4) is 0 Å². The van der Waals surface area contributed by atoms with E-state index in [1.807, 2.05) is 5.43 Å². The minimum Gasteiger partial charge on any atom is -0.371 e. The average Bonchev–Trinajstić information content (AvgIpc) is 2.45. The highest BCUT2D eigenvalue weighted by atomic mass is 19.4. The Morgan fingerprint density at radius 1 is 1.20 bits per heavy atom. The molecule has 1 aliphatic rings. The van der Waals surface area contributed by atoms with Gasteiger partial charge in [-0.2, -0.15) is 13.2 Å². The summed E-state index contributed by atoms with van der Waals surface area (Å²) in [6.45, 7) is 1.13. The van der Waals surface area contributed by atoms with Gasteiger partial charge in [-0.25, -0.2) is 5.84 Å². The molecule has 1 aromatic rings. The predicted molar refractivity (Wildman–Crippen MR) is 69.2 cm³/mol. The second-order valence-electron chi connectivity index (χ2n) is 4.75. The first-order valence-electron chi connectivity index (χ1n) is 6.40. The van der Waals surface area contributed by atoms with Gasteiger partial charge in [-0.1, -0.05) is 0 Å². The maximum absolute atomic E-state index is 13.1. The number of carbonyl (C=O) groups excluding carboxylic acids is 1. The van der Waals surface area contributed by atoms with E-state index >= 15 is 0 Å². The third-order valence-electron chi connectivity index (χ3n) is 3.39. The normalized spacial score (nSPS) is 16.1. The number of carbonyl (C=O) groups is 1. The van der Waals surface area contributed by atoms with Gasteiger partial charge in [0.1, 0.15) is 0 Å². The molecule has 1 saturated heterocycles. The van der Waals surface area contributed by atoms with Crippen LogP contribution in [0.3, 0.4) is 0 Å². The predicted octanol–water partition coefficient (Wildman–Crippen LogP) is 2.30. The third-order valence-corrected chi connectivity index (χ3v) is 3.39. The Kier molecular flexibility index (Phi) is 4.17. The summed E-state index contributed by atoms with van der Waals surface area (Å²) in [7, 11) is 0. The van der Waals surface area contributed by atoms with Crippen LogP contribution in [0.2, 0.25) is 0 Å². The van der Waals surface area contributed by atoms with Gasteiger partial charge < -0.3 is 4.90 Å². The maximum Gasteiger partial charge on any atom is 0.418 e. The van der Waals surface area contributed by atoms with Crippen LogP contribution >= 0.6 is 0 Å². The molecule has 3 N–H and O–H groups in total. The molecule has 0 unspecified atom stereocenters. The molecule has 1 aromatic carbocycles. The molecule has 0 spiro atoms. The van der Waals surface area contributed by atoms with Gasteiger partial charge in [0.2, 0.25) is 0 Å². The molecule has 0 saturated carbocycles. The standard InChI is InChI=1S/C13H16F3N3O/c14-13(15,16)10-5-4-9(12(20)18-17)8-11(10)19-6-2-1-3-7-19/h4-5,8H,1-3,6-7,17H2,(H,18,20). The SMILES string of the molecule is NNC(=O)c1ccc(C(F)(F)F)c(N2CCCCC2)c1. The van der Waals surface area contributed by atoms with E-state index in [0.717, 1.165) is 31.4 Å². The van der Waals surface area contributed by atoms with E-state index in [1.54, 1.807) is 4.90 Å². The summed E-state index contributed by atoms with van der Waals surface area (Å²) in [6.07, 6.45) is -1.72. The lowest BCUT2D eigenvalue weighted by Crippen LogP contribution is -2.33. The van der Waals surface area contributed by atoms with E-state index in [1.165, 1.54) is 6.07 Å². The van der Waals surface area contributed by atoms with Crippen LogP contribution in [0, 0.1) is 0 Å². The second-order valence-corrected chi connectivity index (χ2v) is 4.75. The fourth-order valence-corrected chi connectivity index (χ4v) is 2.39. The lowest BCUT2D eigenvalue weighted by molar-refractivity contribution is -0.137. The molecule has 2 rings (SSSR count). The highest BCUT2D eigenvalue weighted by Gasteiger charge is 2.35. The summed E-state index contributed by atoms with van der Waals surface area (Å²) in [5.41, 5.74) is 1.40. The van der Waals surface area contributed by atoms with Crippen LogP contribution in [0.4, 0.5) is 18.9 Å². The van der Waals surface area contributed by atoms with Crippen LogP contribution in [0.15, 0.2) is 18.2 Å². The number of amides is 1. The number of nitrogen functional groups attached to an aromatic ring is 1. The van der Waals surface area contributed by atoms with Gasteiger partial charge in [-0.3, -0.25) is 10.2 Å². The monoisotopic (exact) mass is 287 g/mol. The van der Waals surface area contributed by atoms with Gasteiger partial charge in [-0.05, 0) is 37.5 Å². The van der Waals surface area contributed by atoms with Crippen LogP contribution in [0.1, 0.15) is 35.2 Å². The topological polar surface area (TPSA) is 58.4 Å². The minimum absolute atomic E-state index is 0.0540. The highest BCUT2D eigenvalue weighted by Crippen LogP contribution is 2.38. The molecule has 110 valence electrons. The zero-order valence-electron chi connectivity index (χ0n) is 10.8. The largest absolute Gasteiger partial charge is 0.418 e. The molecule has 0 aliphatic carbocycles. The van der Waals surface area contributed by atoms with Crippen molar-refractivity contribution < 1.29 is 18.0 Å². The summed E-state index contributed by atoms with van der Waals surface area (Å²) in [6, 6.07) is 3.34. The van der Waals surface area contributed by atoms with Gasteiger partial charge in [-0.15, -0.1) is 0 Å². The molecular formula is C13H16F3N3O. The van der Waals surface area contributed by atoms with Gasteiger partial charge in [0.05, 0.1) is 5.56 Å². The van der Waals surface area contributed by atoms with Crippen molar-refractivity contribution in [3.05, 3.63) is 29.3 Å². The number of hydrazine groups is 1. The van der Waals surface area contributed by atoms with E-state index in [2.05, 4.69) is 0 Å². The Labute approximate surface area is 114 Å². The van der Waals surface area contributed by atoms with Crippen molar-refractivity contribution in [2.75, 3.05) is 18.0 Å². The second kappa shape index (κ2) is 5.70. The zero-order chi connectivity index (χ0) is 14.8. The van der Waals surface area contributed by atoms with Crippen molar-refractivity contribution in [2.24, 2.45) is 5.84 Å². The van der Waals surface area contributed by atoms with Gasteiger partial charge in [0, 0.05) is 24.3 Å². The van der Waals surface area contributed by atoms with Crippen molar-refractivity contribution in [1.82, 2.24) is 5.43 Å². The number of nitrogens with one attached hydrogen (secondary N) is 1. The molecule has 20 heavy (non-hydrogen) atoms. The number of halogens is 3. The van der Waals surface area contributed by atoms with Crippen LogP contribution in [-0.4, -0.2) is 19.0 Å². The smallest absolute Gasteiger partial charge is 0.371 e. The maximum atomic E-state index is 13.1.